The fraction of sp³-hybridized carbons (Fsp3) is 0.185. The van der Waals surface area contributed by atoms with Gasteiger partial charge >= 0.3 is 0 Å². The zero-order chi connectivity index (χ0) is 24.2. The van der Waals surface area contributed by atoms with E-state index in [1.807, 2.05) is 13.8 Å². The van der Waals surface area contributed by atoms with Crippen LogP contribution in [0.3, 0.4) is 0 Å². The third-order valence-corrected chi connectivity index (χ3v) is 6.00. The van der Waals surface area contributed by atoms with Crippen LogP contribution in [0.2, 0.25) is 0 Å². The van der Waals surface area contributed by atoms with Crippen molar-refractivity contribution >= 4 is 39.1 Å². The third-order valence-electron chi connectivity index (χ3n) is 5.48. The van der Waals surface area contributed by atoms with Crippen molar-refractivity contribution in [1.82, 2.24) is 0 Å². The van der Waals surface area contributed by atoms with Gasteiger partial charge in [0.25, 0.3) is 11.7 Å². The standard InChI is InChI=1S/C27H24BrNO5/c1-3-33-21-14-10-17(11-15-21)24-23(25(30)18-8-12-19(28)13-9-18)26(31)27(32)29(24)20-6-5-7-22(16-20)34-4-2/h5-16,24,30H,3-4H2,1-2H3/b25-23+. The van der Waals surface area contributed by atoms with Gasteiger partial charge in [0.15, 0.2) is 0 Å². The second kappa shape index (κ2) is 10.1. The molecule has 0 spiro atoms. The van der Waals surface area contributed by atoms with Crippen molar-refractivity contribution in [3.8, 4) is 11.5 Å². The number of anilines is 1. The molecule has 1 unspecified atom stereocenters. The van der Waals surface area contributed by atoms with Gasteiger partial charge in [-0.1, -0.05) is 46.3 Å². The van der Waals surface area contributed by atoms with Gasteiger partial charge in [-0.2, -0.15) is 0 Å². The van der Waals surface area contributed by atoms with Crippen LogP contribution in [0, 0.1) is 0 Å². The Morgan fingerprint density at radius 1 is 0.912 bits per heavy atom. The lowest BCUT2D eigenvalue weighted by molar-refractivity contribution is -0.132. The molecule has 1 atom stereocenters. The molecule has 1 saturated heterocycles. The number of aliphatic hydroxyl groups excluding tert-OH is 1. The number of carbonyl (C=O) groups excluding carboxylic acids is 2. The molecule has 6 nitrogen and oxygen atoms in total. The van der Waals surface area contributed by atoms with Crippen LogP contribution in [0.25, 0.3) is 5.76 Å². The second-order valence-corrected chi connectivity index (χ2v) is 8.52. The summed E-state index contributed by atoms with van der Waals surface area (Å²) in [4.78, 5) is 28.0. The lowest BCUT2D eigenvalue weighted by Crippen LogP contribution is -2.29. The first-order valence-electron chi connectivity index (χ1n) is 11.0. The minimum absolute atomic E-state index is 0.0262. The number of ether oxygens (including phenoxy) is 2. The zero-order valence-corrected chi connectivity index (χ0v) is 20.4. The summed E-state index contributed by atoms with van der Waals surface area (Å²) in [6.45, 7) is 4.75. The number of Topliss-reactive ketones (excluding diaryl/α,β-unsaturated/α-hetero) is 1. The lowest BCUT2D eigenvalue weighted by atomic mass is 9.95. The summed E-state index contributed by atoms with van der Waals surface area (Å²) in [5, 5.41) is 11.2. The lowest BCUT2D eigenvalue weighted by Gasteiger charge is -2.26. The highest BCUT2D eigenvalue weighted by molar-refractivity contribution is 9.10. The highest BCUT2D eigenvalue weighted by Gasteiger charge is 2.47. The van der Waals surface area contributed by atoms with Gasteiger partial charge in [-0.25, -0.2) is 0 Å². The minimum Gasteiger partial charge on any atom is -0.507 e. The summed E-state index contributed by atoms with van der Waals surface area (Å²) in [5.74, 6) is -0.435. The number of halogens is 1. The fourth-order valence-electron chi connectivity index (χ4n) is 3.98. The molecule has 1 fully saturated rings. The molecule has 1 heterocycles. The first-order valence-corrected chi connectivity index (χ1v) is 11.8. The van der Waals surface area contributed by atoms with Crippen molar-refractivity contribution in [2.75, 3.05) is 18.1 Å². The number of benzene rings is 3. The summed E-state index contributed by atoms with van der Waals surface area (Å²) in [6.07, 6.45) is 0. The molecule has 3 aromatic carbocycles. The second-order valence-electron chi connectivity index (χ2n) is 7.61. The normalized spacial score (nSPS) is 17.1. The molecule has 0 saturated carbocycles. The number of ketones is 1. The Morgan fingerprint density at radius 3 is 2.21 bits per heavy atom. The molecule has 0 radical (unpaired) electrons. The summed E-state index contributed by atoms with van der Waals surface area (Å²) in [6, 6.07) is 20.3. The van der Waals surface area contributed by atoms with Crippen LogP contribution in [0.1, 0.15) is 31.0 Å². The van der Waals surface area contributed by atoms with E-state index in [1.54, 1.807) is 72.8 Å². The monoisotopic (exact) mass is 521 g/mol. The molecule has 0 aliphatic carbocycles. The average molecular weight is 522 g/mol. The van der Waals surface area contributed by atoms with Crippen LogP contribution < -0.4 is 14.4 Å². The van der Waals surface area contributed by atoms with Crippen LogP contribution in [-0.2, 0) is 9.59 Å². The molecular weight excluding hydrogens is 498 g/mol. The summed E-state index contributed by atoms with van der Waals surface area (Å²) < 4.78 is 12.0. The molecule has 34 heavy (non-hydrogen) atoms. The van der Waals surface area contributed by atoms with Crippen LogP contribution in [0.4, 0.5) is 5.69 Å². The van der Waals surface area contributed by atoms with Crippen molar-refractivity contribution in [2.45, 2.75) is 19.9 Å². The summed E-state index contributed by atoms with van der Waals surface area (Å²) in [7, 11) is 0. The number of hydrogen-bond donors (Lipinski definition) is 1. The number of aliphatic hydroxyl groups is 1. The van der Waals surface area contributed by atoms with Gasteiger partial charge < -0.3 is 14.6 Å². The SMILES string of the molecule is CCOc1ccc(C2/C(=C(\O)c3ccc(Br)cc3)C(=O)C(=O)N2c2cccc(OCC)c2)cc1. The van der Waals surface area contributed by atoms with Gasteiger partial charge in [0, 0.05) is 21.8 Å². The van der Waals surface area contributed by atoms with Gasteiger partial charge in [-0.3, -0.25) is 14.5 Å². The smallest absolute Gasteiger partial charge is 0.300 e. The molecule has 3 aromatic rings. The molecular formula is C27H24BrNO5. The largest absolute Gasteiger partial charge is 0.507 e. The third kappa shape index (κ3) is 4.56. The fourth-order valence-corrected chi connectivity index (χ4v) is 4.24. The maximum Gasteiger partial charge on any atom is 0.300 e. The highest BCUT2D eigenvalue weighted by atomic mass is 79.9. The van der Waals surface area contributed by atoms with Crippen LogP contribution in [-0.4, -0.2) is 30.0 Å². The Bertz CT molecular complexity index is 1230. The Kier molecular flexibility index (Phi) is 7.03. The molecule has 1 N–H and O–H groups in total. The highest BCUT2D eigenvalue weighted by Crippen LogP contribution is 2.43. The number of nitrogens with zero attached hydrogens (tertiary/aromatic N) is 1. The molecule has 1 amide bonds. The number of carbonyl (C=O) groups is 2. The van der Waals surface area contributed by atoms with E-state index in [0.717, 1.165) is 4.47 Å². The molecule has 0 aromatic heterocycles. The number of amides is 1. The Hall–Kier alpha value is -3.58. The van der Waals surface area contributed by atoms with Crippen LogP contribution in [0.15, 0.2) is 82.8 Å². The molecule has 0 bridgehead atoms. The van der Waals surface area contributed by atoms with Gasteiger partial charge in [0.2, 0.25) is 0 Å². The van der Waals surface area contributed by atoms with Gasteiger partial charge in [0.05, 0.1) is 24.8 Å². The molecule has 174 valence electrons. The van der Waals surface area contributed by atoms with E-state index in [0.29, 0.717) is 41.5 Å². The first kappa shape index (κ1) is 23.6. The predicted molar refractivity (Wildman–Crippen MR) is 134 cm³/mol. The first-order chi connectivity index (χ1) is 16.4. The summed E-state index contributed by atoms with van der Waals surface area (Å²) in [5.41, 5.74) is 1.64. The molecule has 7 heteroatoms. The average Bonchev–Trinajstić information content (AvgIpc) is 3.11. The molecule has 4 rings (SSSR count). The molecule has 1 aliphatic rings. The van der Waals surface area contributed by atoms with Gasteiger partial charge in [-0.05, 0) is 55.8 Å². The van der Waals surface area contributed by atoms with Crippen LogP contribution >= 0.6 is 15.9 Å². The van der Waals surface area contributed by atoms with Crippen molar-refractivity contribution in [3.63, 3.8) is 0 Å². The predicted octanol–water partition coefficient (Wildman–Crippen LogP) is 5.87. The maximum atomic E-state index is 13.3. The topological polar surface area (TPSA) is 76.1 Å². The maximum absolute atomic E-state index is 13.3. The van der Waals surface area contributed by atoms with Crippen molar-refractivity contribution in [3.05, 3.63) is 94.0 Å². The van der Waals surface area contributed by atoms with Crippen molar-refractivity contribution in [2.24, 2.45) is 0 Å². The quantitative estimate of drug-likeness (QED) is 0.239. The van der Waals surface area contributed by atoms with E-state index in [2.05, 4.69) is 15.9 Å². The Balaban J connectivity index is 1.89. The van der Waals surface area contributed by atoms with E-state index in [9.17, 15) is 14.7 Å². The van der Waals surface area contributed by atoms with Gasteiger partial charge in [-0.15, -0.1) is 0 Å². The Labute approximate surface area is 206 Å². The van der Waals surface area contributed by atoms with E-state index >= 15 is 0 Å². The van der Waals surface area contributed by atoms with Gasteiger partial charge in [0.1, 0.15) is 17.3 Å². The van der Waals surface area contributed by atoms with Crippen molar-refractivity contribution < 1.29 is 24.2 Å². The van der Waals surface area contributed by atoms with Crippen molar-refractivity contribution in [1.29, 1.82) is 0 Å². The zero-order valence-electron chi connectivity index (χ0n) is 18.8. The summed E-state index contributed by atoms with van der Waals surface area (Å²) >= 11 is 3.38. The van der Waals surface area contributed by atoms with E-state index in [4.69, 9.17) is 9.47 Å². The number of hydrogen-bond acceptors (Lipinski definition) is 5. The van der Waals surface area contributed by atoms with E-state index in [-0.39, 0.29) is 11.3 Å². The van der Waals surface area contributed by atoms with Crippen LogP contribution in [0.5, 0.6) is 11.5 Å². The minimum atomic E-state index is -0.823. The Morgan fingerprint density at radius 2 is 1.56 bits per heavy atom. The molecule has 1 aliphatic heterocycles. The van der Waals surface area contributed by atoms with E-state index < -0.39 is 17.7 Å². The number of rotatable bonds is 7. The van der Waals surface area contributed by atoms with E-state index in [1.165, 1.54) is 4.90 Å².